The van der Waals surface area contributed by atoms with Crippen molar-refractivity contribution in [2.45, 2.75) is 24.2 Å². The molecule has 0 amide bonds. The molecule has 1 aliphatic rings. The molecule has 1 aromatic heterocycles. The minimum atomic E-state index is -3.66. The highest BCUT2D eigenvalue weighted by Gasteiger charge is 2.18. The summed E-state index contributed by atoms with van der Waals surface area (Å²) in [6, 6.07) is 7.62. The standard InChI is InChI=1S/C14H13FN2O2S/c15-14-7-5-12(9-16-14)17-20(18,19)13-6-4-10-2-1-3-11(10)8-13/h4-9,17H,1-3H2. The number of sulfonamides is 1. The summed E-state index contributed by atoms with van der Waals surface area (Å²) in [7, 11) is -3.66. The van der Waals surface area contributed by atoms with E-state index in [2.05, 4.69) is 9.71 Å². The summed E-state index contributed by atoms with van der Waals surface area (Å²) >= 11 is 0. The van der Waals surface area contributed by atoms with E-state index in [1.165, 1.54) is 11.6 Å². The largest absolute Gasteiger partial charge is 0.278 e. The molecule has 0 spiro atoms. The molecule has 0 radical (unpaired) electrons. The Morgan fingerprint density at radius 3 is 2.65 bits per heavy atom. The summed E-state index contributed by atoms with van der Waals surface area (Å²) in [5.74, 6) is -0.648. The van der Waals surface area contributed by atoms with Crippen LogP contribution < -0.4 is 4.72 Å². The summed E-state index contributed by atoms with van der Waals surface area (Å²) in [5.41, 5.74) is 2.55. The van der Waals surface area contributed by atoms with Gasteiger partial charge in [0.05, 0.1) is 16.8 Å². The third-order valence-corrected chi connectivity index (χ3v) is 4.74. The van der Waals surface area contributed by atoms with Gasteiger partial charge in [-0.15, -0.1) is 0 Å². The van der Waals surface area contributed by atoms with Gasteiger partial charge in [-0.05, 0) is 54.7 Å². The second kappa shape index (κ2) is 4.86. The van der Waals surface area contributed by atoms with E-state index < -0.39 is 16.0 Å². The Kier molecular flexibility index (Phi) is 3.17. The van der Waals surface area contributed by atoms with Gasteiger partial charge in [-0.25, -0.2) is 13.4 Å². The molecule has 4 nitrogen and oxygen atoms in total. The highest BCUT2D eigenvalue weighted by atomic mass is 32.2. The lowest BCUT2D eigenvalue weighted by atomic mass is 10.1. The number of halogens is 1. The van der Waals surface area contributed by atoms with E-state index in [0.717, 1.165) is 37.1 Å². The molecule has 0 aliphatic heterocycles. The normalized spacial score (nSPS) is 14.1. The zero-order chi connectivity index (χ0) is 14.2. The first-order chi connectivity index (χ1) is 9.54. The number of pyridine rings is 1. The first kappa shape index (κ1) is 13.1. The molecule has 0 saturated carbocycles. The third-order valence-electron chi connectivity index (χ3n) is 3.36. The number of anilines is 1. The second-order valence-corrected chi connectivity index (χ2v) is 6.44. The Labute approximate surface area is 116 Å². The Morgan fingerprint density at radius 1 is 1.10 bits per heavy atom. The van der Waals surface area contributed by atoms with Crippen LogP contribution in [0.25, 0.3) is 0 Å². The molecule has 0 saturated heterocycles. The van der Waals surface area contributed by atoms with Crippen LogP contribution in [0, 0.1) is 5.95 Å². The van der Waals surface area contributed by atoms with Crippen LogP contribution in [-0.4, -0.2) is 13.4 Å². The molecular weight excluding hydrogens is 279 g/mol. The number of nitrogens with one attached hydrogen (secondary N) is 1. The van der Waals surface area contributed by atoms with Crippen LogP contribution >= 0.6 is 0 Å². The van der Waals surface area contributed by atoms with Gasteiger partial charge in [0.25, 0.3) is 10.0 Å². The maximum Gasteiger partial charge on any atom is 0.261 e. The zero-order valence-corrected chi connectivity index (χ0v) is 11.5. The number of fused-ring (bicyclic) bond motifs is 1. The average molecular weight is 292 g/mol. The molecule has 0 bridgehead atoms. The number of aromatic nitrogens is 1. The second-order valence-electron chi connectivity index (χ2n) is 4.76. The molecule has 2 aromatic rings. The smallest absolute Gasteiger partial charge is 0.261 e. The Balaban J connectivity index is 1.90. The van der Waals surface area contributed by atoms with E-state index >= 15 is 0 Å². The summed E-state index contributed by atoms with van der Waals surface area (Å²) in [4.78, 5) is 3.65. The predicted octanol–water partition coefficient (Wildman–Crippen LogP) is 2.51. The maximum absolute atomic E-state index is 12.7. The number of benzene rings is 1. The van der Waals surface area contributed by atoms with Gasteiger partial charge in [-0.2, -0.15) is 4.39 Å². The molecule has 1 N–H and O–H groups in total. The van der Waals surface area contributed by atoms with Gasteiger partial charge in [0, 0.05) is 0 Å². The fourth-order valence-corrected chi connectivity index (χ4v) is 3.46. The van der Waals surface area contributed by atoms with Crippen molar-refractivity contribution in [3.05, 3.63) is 53.6 Å². The van der Waals surface area contributed by atoms with E-state index in [1.54, 1.807) is 12.1 Å². The topological polar surface area (TPSA) is 59.1 Å². The molecular formula is C14H13FN2O2S. The Hall–Kier alpha value is -1.95. The molecule has 1 aromatic carbocycles. The van der Waals surface area contributed by atoms with Crippen molar-refractivity contribution in [3.8, 4) is 0 Å². The summed E-state index contributed by atoms with van der Waals surface area (Å²) in [6.45, 7) is 0. The van der Waals surface area contributed by atoms with Crippen molar-refractivity contribution >= 4 is 15.7 Å². The minimum absolute atomic E-state index is 0.225. The molecule has 1 heterocycles. The summed E-state index contributed by atoms with van der Waals surface area (Å²) < 4.78 is 39.6. The van der Waals surface area contributed by atoms with E-state index in [1.807, 2.05) is 6.07 Å². The molecule has 104 valence electrons. The van der Waals surface area contributed by atoms with Gasteiger partial charge in [-0.3, -0.25) is 4.72 Å². The molecule has 3 rings (SSSR count). The third kappa shape index (κ3) is 2.51. The lowest BCUT2D eigenvalue weighted by Crippen LogP contribution is -2.13. The minimum Gasteiger partial charge on any atom is -0.278 e. The van der Waals surface area contributed by atoms with Crippen LogP contribution in [0.4, 0.5) is 10.1 Å². The van der Waals surface area contributed by atoms with Gasteiger partial charge in [0.2, 0.25) is 5.95 Å². The number of hydrogen-bond donors (Lipinski definition) is 1. The SMILES string of the molecule is O=S(=O)(Nc1ccc(F)nc1)c1ccc2c(c1)CCC2. The van der Waals surface area contributed by atoms with Gasteiger partial charge >= 0.3 is 0 Å². The fraction of sp³-hybridized carbons (Fsp3) is 0.214. The van der Waals surface area contributed by atoms with Gasteiger partial charge in [0.15, 0.2) is 0 Å². The van der Waals surface area contributed by atoms with Crippen molar-refractivity contribution in [1.82, 2.24) is 4.98 Å². The molecule has 0 unspecified atom stereocenters. The summed E-state index contributed by atoms with van der Waals surface area (Å²) in [5, 5.41) is 0. The number of nitrogens with zero attached hydrogens (tertiary/aromatic N) is 1. The highest BCUT2D eigenvalue weighted by Crippen LogP contribution is 2.25. The lowest BCUT2D eigenvalue weighted by molar-refractivity contribution is 0.583. The van der Waals surface area contributed by atoms with Gasteiger partial charge in [0.1, 0.15) is 0 Å². The van der Waals surface area contributed by atoms with Gasteiger partial charge < -0.3 is 0 Å². The van der Waals surface area contributed by atoms with E-state index in [-0.39, 0.29) is 10.6 Å². The average Bonchev–Trinajstić information content (AvgIpc) is 2.88. The molecule has 0 atom stereocenters. The molecule has 6 heteroatoms. The predicted molar refractivity (Wildman–Crippen MR) is 73.5 cm³/mol. The molecule has 20 heavy (non-hydrogen) atoms. The zero-order valence-electron chi connectivity index (χ0n) is 10.6. The summed E-state index contributed by atoms with van der Waals surface area (Å²) in [6.07, 6.45) is 4.14. The van der Waals surface area contributed by atoms with Crippen molar-refractivity contribution in [2.75, 3.05) is 4.72 Å². The highest BCUT2D eigenvalue weighted by molar-refractivity contribution is 7.92. The van der Waals surface area contributed by atoms with Crippen LogP contribution in [0.2, 0.25) is 0 Å². The first-order valence-corrected chi connectivity index (χ1v) is 7.79. The van der Waals surface area contributed by atoms with Crippen LogP contribution in [-0.2, 0) is 22.9 Å². The van der Waals surface area contributed by atoms with Crippen LogP contribution in [0.15, 0.2) is 41.4 Å². The first-order valence-electron chi connectivity index (χ1n) is 6.31. The number of rotatable bonds is 3. The quantitative estimate of drug-likeness (QED) is 0.884. The van der Waals surface area contributed by atoms with Crippen molar-refractivity contribution in [2.24, 2.45) is 0 Å². The number of hydrogen-bond acceptors (Lipinski definition) is 3. The van der Waals surface area contributed by atoms with Crippen molar-refractivity contribution in [3.63, 3.8) is 0 Å². The Morgan fingerprint density at radius 2 is 1.90 bits per heavy atom. The van der Waals surface area contributed by atoms with Crippen LogP contribution in [0.1, 0.15) is 17.5 Å². The van der Waals surface area contributed by atoms with E-state index in [4.69, 9.17) is 0 Å². The number of aryl methyl sites for hydroxylation is 2. The van der Waals surface area contributed by atoms with Crippen LogP contribution in [0.5, 0.6) is 0 Å². The van der Waals surface area contributed by atoms with Crippen molar-refractivity contribution < 1.29 is 12.8 Å². The lowest BCUT2D eigenvalue weighted by Gasteiger charge is -2.09. The Bertz CT molecular complexity index is 742. The molecule has 1 aliphatic carbocycles. The van der Waals surface area contributed by atoms with Crippen LogP contribution in [0.3, 0.4) is 0 Å². The maximum atomic E-state index is 12.7. The van der Waals surface area contributed by atoms with E-state index in [9.17, 15) is 12.8 Å². The molecule has 0 fully saturated rings. The van der Waals surface area contributed by atoms with E-state index in [0.29, 0.717) is 0 Å². The van der Waals surface area contributed by atoms with Gasteiger partial charge in [-0.1, -0.05) is 6.07 Å². The fourth-order valence-electron chi connectivity index (χ4n) is 2.37. The van der Waals surface area contributed by atoms with Crippen molar-refractivity contribution in [1.29, 1.82) is 0 Å². The monoisotopic (exact) mass is 292 g/mol.